The van der Waals surface area contributed by atoms with E-state index in [1.165, 1.54) is 12.1 Å². The Morgan fingerprint density at radius 3 is 2.79 bits per heavy atom. The number of nitrogens with zero attached hydrogens (tertiary/aromatic N) is 1. The van der Waals surface area contributed by atoms with Crippen LogP contribution in [0.5, 0.6) is 0 Å². The van der Waals surface area contributed by atoms with Gasteiger partial charge in [0.1, 0.15) is 11.3 Å². The predicted octanol–water partition coefficient (Wildman–Crippen LogP) is 3.72. The number of oxazole rings is 1. The summed E-state index contributed by atoms with van der Waals surface area (Å²) in [6.45, 7) is 0. The zero-order chi connectivity index (χ0) is 13.2. The average molecular weight is 254 g/mol. The number of hydrogen-bond acceptors (Lipinski definition) is 3. The van der Waals surface area contributed by atoms with E-state index in [4.69, 9.17) is 10.2 Å². The summed E-state index contributed by atoms with van der Waals surface area (Å²) in [6.07, 6.45) is 3.53. The molecule has 2 aromatic carbocycles. The molecule has 0 unspecified atom stereocenters. The number of halogens is 1. The van der Waals surface area contributed by atoms with Gasteiger partial charge in [-0.25, -0.2) is 9.37 Å². The predicted molar refractivity (Wildman–Crippen MR) is 73.7 cm³/mol. The normalized spacial score (nSPS) is 11.4. The van der Waals surface area contributed by atoms with Crippen LogP contribution >= 0.6 is 0 Å². The SMILES string of the molecule is Nc1ccccc1/C=C/c1nc2cc(F)ccc2o1. The largest absolute Gasteiger partial charge is 0.437 e. The topological polar surface area (TPSA) is 52.0 Å². The number of rotatable bonds is 2. The van der Waals surface area contributed by atoms with Crippen LogP contribution in [0.25, 0.3) is 23.3 Å². The van der Waals surface area contributed by atoms with Crippen LogP contribution in [-0.4, -0.2) is 4.98 Å². The summed E-state index contributed by atoms with van der Waals surface area (Å²) >= 11 is 0. The molecule has 0 saturated heterocycles. The molecule has 0 saturated carbocycles. The summed E-state index contributed by atoms with van der Waals surface area (Å²) in [5.41, 5.74) is 8.45. The Hall–Kier alpha value is -2.62. The van der Waals surface area contributed by atoms with Crippen LogP contribution in [0.4, 0.5) is 10.1 Å². The number of nitrogen functional groups attached to an aromatic ring is 1. The minimum atomic E-state index is -0.330. The van der Waals surface area contributed by atoms with E-state index in [0.717, 1.165) is 5.56 Å². The van der Waals surface area contributed by atoms with Gasteiger partial charge in [-0.15, -0.1) is 0 Å². The summed E-state index contributed by atoms with van der Waals surface area (Å²) in [6, 6.07) is 11.7. The molecular weight excluding hydrogens is 243 g/mol. The maximum absolute atomic E-state index is 13.0. The van der Waals surface area contributed by atoms with Gasteiger partial charge in [-0.2, -0.15) is 0 Å². The van der Waals surface area contributed by atoms with E-state index < -0.39 is 0 Å². The van der Waals surface area contributed by atoms with Gasteiger partial charge in [0.05, 0.1) is 0 Å². The Labute approximate surface area is 109 Å². The first-order chi connectivity index (χ1) is 9.22. The molecule has 3 aromatic rings. The second kappa shape index (κ2) is 4.57. The van der Waals surface area contributed by atoms with Crippen molar-refractivity contribution in [2.45, 2.75) is 0 Å². The van der Waals surface area contributed by atoms with Crippen molar-refractivity contribution in [1.29, 1.82) is 0 Å². The van der Waals surface area contributed by atoms with Gasteiger partial charge in [-0.05, 0) is 29.8 Å². The second-order valence-electron chi connectivity index (χ2n) is 4.13. The van der Waals surface area contributed by atoms with Crippen molar-refractivity contribution in [1.82, 2.24) is 4.98 Å². The lowest BCUT2D eigenvalue weighted by Gasteiger charge is -1.96. The molecule has 19 heavy (non-hydrogen) atoms. The molecule has 0 aliphatic heterocycles. The Kier molecular flexibility index (Phi) is 2.76. The molecule has 2 N–H and O–H groups in total. The van der Waals surface area contributed by atoms with Gasteiger partial charge in [0.15, 0.2) is 5.58 Å². The Morgan fingerprint density at radius 2 is 1.95 bits per heavy atom. The average Bonchev–Trinajstić information content (AvgIpc) is 2.79. The Balaban J connectivity index is 1.95. The summed E-state index contributed by atoms with van der Waals surface area (Å²) in [5, 5.41) is 0. The van der Waals surface area contributed by atoms with Crippen molar-refractivity contribution in [3.63, 3.8) is 0 Å². The van der Waals surface area contributed by atoms with Crippen molar-refractivity contribution in [3.05, 3.63) is 59.7 Å². The van der Waals surface area contributed by atoms with Crippen molar-refractivity contribution in [2.75, 3.05) is 5.73 Å². The summed E-state index contributed by atoms with van der Waals surface area (Å²) in [5.74, 6) is 0.0903. The van der Waals surface area contributed by atoms with Crippen LogP contribution in [0.3, 0.4) is 0 Å². The van der Waals surface area contributed by atoms with E-state index in [-0.39, 0.29) is 5.82 Å². The number of nitrogens with two attached hydrogens (primary N) is 1. The van der Waals surface area contributed by atoms with E-state index in [1.807, 2.05) is 30.3 Å². The van der Waals surface area contributed by atoms with Gasteiger partial charge < -0.3 is 10.2 Å². The van der Waals surface area contributed by atoms with Gasteiger partial charge in [0.25, 0.3) is 0 Å². The van der Waals surface area contributed by atoms with Crippen LogP contribution in [0.15, 0.2) is 46.9 Å². The standard InChI is InChI=1S/C15H11FN2O/c16-11-6-7-14-13(9-11)18-15(19-14)8-5-10-3-1-2-4-12(10)17/h1-9H,17H2/b8-5+. The number of benzene rings is 2. The van der Waals surface area contributed by atoms with Crippen molar-refractivity contribution >= 4 is 28.9 Å². The number of fused-ring (bicyclic) bond motifs is 1. The lowest BCUT2D eigenvalue weighted by Crippen LogP contribution is -1.87. The van der Waals surface area contributed by atoms with Crippen molar-refractivity contribution in [2.24, 2.45) is 0 Å². The van der Waals surface area contributed by atoms with E-state index in [9.17, 15) is 4.39 Å². The van der Waals surface area contributed by atoms with Crippen molar-refractivity contribution < 1.29 is 8.81 Å². The highest BCUT2D eigenvalue weighted by Gasteiger charge is 2.04. The van der Waals surface area contributed by atoms with Gasteiger partial charge in [0, 0.05) is 17.8 Å². The van der Waals surface area contributed by atoms with E-state index in [0.29, 0.717) is 22.7 Å². The van der Waals surface area contributed by atoms with Crippen LogP contribution in [0, 0.1) is 5.82 Å². The highest BCUT2D eigenvalue weighted by Crippen LogP contribution is 2.19. The number of aromatic nitrogens is 1. The molecule has 0 amide bonds. The van der Waals surface area contributed by atoms with E-state index in [1.54, 1.807) is 12.1 Å². The van der Waals surface area contributed by atoms with Crippen molar-refractivity contribution in [3.8, 4) is 0 Å². The smallest absolute Gasteiger partial charge is 0.220 e. The fourth-order valence-electron chi connectivity index (χ4n) is 1.81. The maximum atomic E-state index is 13.0. The monoisotopic (exact) mass is 254 g/mol. The molecule has 0 radical (unpaired) electrons. The summed E-state index contributed by atoms with van der Waals surface area (Å²) in [4.78, 5) is 4.18. The zero-order valence-corrected chi connectivity index (χ0v) is 10.0. The first kappa shape index (κ1) is 11.5. The third-order valence-corrected chi connectivity index (χ3v) is 2.77. The minimum Gasteiger partial charge on any atom is -0.437 e. The Morgan fingerprint density at radius 1 is 1.11 bits per heavy atom. The number of hydrogen-bond donors (Lipinski definition) is 1. The molecule has 0 atom stereocenters. The van der Waals surface area contributed by atoms with E-state index in [2.05, 4.69) is 4.98 Å². The molecule has 0 spiro atoms. The third-order valence-electron chi connectivity index (χ3n) is 2.77. The van der Waals surface area contributed by atoms with Gasteiger partial charge in [0.2, 0.25) is 5.89 Å². The number of para-hydroxylation sites is 1. The Bertz CT molecular complexity index is 762. The lowest BCUT2D eigenvalue weighted by atomic mass is 10.2. The summed E-state index contributed by atoms with van der Waals surface area (Å²) in [7, 11) is 0. The molecule has 3 nitrogen and oxygen atoms in total. The van der Waals surface area contributed by atoms with Crippen LogP contribution in [0.2, 0.25) is 0 Å². The van der Waals surface area contributed by atoms with E-state index >= 15 is 0 Å². The van der Waals surface area contributed by atoms with Gasteiger partial charge >= 0.3 is 0 Å². The molecule has 0 bridgehead atoms. The molecule has 0 fully saturated rings. The molecule has 1 aromatic heterocycles. The molecule has 4 heteroatoms. The molecule has 94 valence electrons. The maximum Gasteiger partial charge on any atom is 0.220 e. The quantitative estimate of drug-likeness (QED) is 0.709. The fourth-order valence-corrected chi connectivity index (χ4v) is 1.81. The lowest BCUT2D eigenvalue weighted by molar-refractivity contribution is 0.588. The second-order valence-corrected chi connectivity index (χ2v) is 4.13. The van der Waals surface area contributed by atoms with Crippen LogP contribution in [-0.2, 0) is 0 Å². The molecule has 0 aliphatic carbocycles. The molecule has 3 rings (SSSR count). The molecule has 1 heterocycles. The van der Waals surface area contributed by atoms with Gasteiger partial charge in [-0.3, -0.25) is 0 Å². The highest BCUT2D eigenvalue weighted by atomic mass is 19.1. The highest BCUT2D eigenvalue weighted by molar-refractivity contribution is 5.78. The zero-order valence-electron chi connectivity index (χ0n) is 10.0. The first-order valence-corrected chi connectivity index (χ1v) is 5.81. The van der Waals surface area contributed by atoms with Crippen LogP contribution < -0.4 is 5.73 Å². The van der Waals surface area contributed by atoms with Gasteiger partial charge in [-0.1, -0.05) is 18.2 Å². The summed E-state index contributed by atoms with van der Waals surface area (Å²) < 4.78 is 18.5. The number of anilines is 1. The van der Waals surface area contributed by atoms with Crippen LogP contribution in [0.1, 0.15) is 11.5 Å². The minimum absolute atomic E-state index is 0.330. The first-order valence-electron chi connectivity index (χ1n) is 5.81. The molecular formula is C15H11FN2O. The molecule has 0 aliphatic rings. The third kappa shape index (κ3) is 2.33. The fraction of sp³-hybridized carbons (Fsp3) is 0.